The summed E-state index contributed by atoms with van der Waals surface area (Å²) in [4.78, 5) is 27.1. The van der Waals surface area contributed by atoms with Gasteiger partial charge in [-0.15, -0.1) is 0 Å². The molecule has 0 aromatic carbocycles. The zero-order valence-corrected chi connectivity index (χ0v) is 11.2. The van der Waals surface area contributed by atoms with Crippen LogP contribution in [0.15, 0.2) is 6.20 Å². The molecule has 106 valence electrons. The van der Waals surface area contributed by atoms with Gasteiger partial charge in [-0.3, -0.25) is 4.79 Å². The number of nitro groups is 1. The maximum Gasteiger partial charge on any atom is 0.381 e. The van der Waals surface area contributed by atoms with Crippen LogP contribution in [0.5, 0.6) is 0 Å². The molecule has 8 nitrogen and oxygen atoms in total. The highest BCUT2D eigenvalue weighted by atomic mass is 16.6. The lowest BCUT2D eigenvalue weighted by Crippen LogP contribution is -2.37. The molecule has 1 atom stereocenters. The van der Waals surface area contributed by atoms with Crippen molar-refractivity contribution in [1.29, 1.82) is 0 Å². The predicted molar refractivity (Wildman–Crippen MR) is 67.6 cm³/mol. The molecule has 0 saturated heterocycles. The third-order valence-corrected chi connectivity index (χ3v) is 3.04. The Hall–Kier alpha value is -1.96. The van der Waals surface area contributed by atoms with Gasteiger partial charge in [0.1, 0.15) is 6.20 Å². The number of hydrogen-bond donors (Lipinski definition) is 1. The van der Waals surface area contributed by atoms with E-state index in [9.17, 15) is 14.9 Å². The van der Waals surface area contributed by atoms with Gasteiger partial charge in [0.2, 0.25) is 11.7 Å². The van der Waals surface area contributed by atoms with Crippen molar-refractivity contribution in [2.24, 2.45) is 0 Å². The number of aromatic nitrogens is 2. The Morgan fingerprint density at radius 1 is 1.68 bits per heavy atom. The van der Waals surface area contributed by atoms with Crippen LogP contribution in [0.2, 0.25) is 0 Å². The number of nitrogens with zero attached hydrogens (tertiary/aromatic N) is 4. The van der Waals surface area contributed by atoms with Crippen LogP contribution in [0.1, 0.15) is 19.2 Å². The van der Waals surface area contributed by atoms with E-state index in [4.69, 9.17) is 5.11 Å². The summed E-state index contributed by atoms with van der Waals surface area (Å²) < 4.78 is 1.58. The molecular weight excluding hydrogens is 252 g/mol. The van der Waals surface area contributed by atoms with Crippen molar-refractivity contribution >= 4 is 11.7 Å². The van der Waals surface area contributed by atoms with Crippen LogP contribution in [-0.4, -0.2) is 50.1 Å². The van der Waals surface area contributed by atoms with Crippen molar-refractivity contribution in [1.82, 2.24) is 14.5 Å². The summed E-state index contributed by atoms with van der Waals surface area (Å²) in [5.41, 5.74) is 0. The molecular formula is C11H18N4O4. The van der Waals surface area contributed by atoms with E-state index < -0.39 is 4.92 Å². The lowest BCUT2D eigenvalue weighted by atomic mass is 10.3. The molecule has 1 rings (SSSR count). The first-order valence-electron chi connectivity index (χ1n) is 5.91. The minimum atomic E-state index is -0.564. The Morgan fingerprint density at radius 3 is 2.79 bits per heavy atom. The summed E-state index contributed by atoms with van der Waals surface area (Å²) in [5, 5.41) is 19.5. The number of carbonyl (C=O) groups is 1. The van der Waals surface area contributed by atoms with Crippen molar-refractivity contribution < 1.29 is 14.8 Å². The topological polar surface area (TPSA) is 102 Å². The minimum absolute atomic E-state index is 0.0994. The van der Waals surface area contributed by atoms with Gasteiger partial charge >= 0.3 is 5.82 Å². The third-order valence-electron chi connectivity index (χ3n) is 3.04. The number of aliphatic hydroxyl groups is 1. The van der Waals surface area contributed by atoms with Gasteiger partial charge in [0, 0.05) is 26.9 Å². The van der Waals surface area contributed by atoms with Gasteiger partial charge in [-0.2, -0.15) is 0 Å². The molecule has 0 saturated carbocycles. The molecule has 1 unspecified atom stereocenters. The van der Waals surface area contributed by atoms with Gasteiger partial charge in [0.15, 0.2) is 0 Å². The normalized spacial score (nSPS) is 12.2. The lowest BCUT2D eigenvalue weighted by Gasteiger charge is -2.23. The molecule has 0 aliphatic rings. The largest absolute Gasteiger partial charge is 0.394 e. The average Bonchev–Trinajstić information content (AvgIpc) is 2.75. The van der Waals surface area contributed by atoms with Gasteiger partial charge in [0.25, 0.3) is 0 Å². The average molecular weight is 270 g/mol. The Morgan fingerprint density at radius 2 is 2.32 bits per heavy atom. The summed E-state index contributed by atoms with van der Waals surface area (Å²) in [7, 11) is 1.62. The highest BCUT2D eigenvalue weighted by Crippen LogP contribution is 2.11. The van der Waals surface area contributed by atoms with E-state index in [-0.39, 0.29) is 30.8 Å². The van der Waals surface area contributed by atoms with Gasteiger partial charge in [0.05, 0.1) is 12.6 Å². The number of rotatable bonds is 6. The standard InChI is InChI=1S/C11H18N4O4/c1-8(7-16)13(3)11(17)4-5-14-6-10(15(18)19)12-9(14)2/h6,8,16H,4-5,7H2,1-3H3. The van der Waals surface area contributed by atoms with Crippen LogP contribution >= 0.6 is 0 Å². The number of likely N-dealkylation sites (N-methyl/N-ethyl adjacent to an activating group) is 1. The summed E-state index contributed by atoms with van der Waals surface area (Å²) >= 11 is 0. The summed E-state index contributed by atoms with van der Waals surface area (Å²) in [5.74, 6) is 0.150. The molecule has 0 spiro atoms. The minimum Gasteiger partial charge on any atom is -0.394 e. The molecule has 1 aromatic rings. The van der Waals surface area contributed by atoms with Crippen molar-refractivity contribution in [2.45, 2.75) is 32.9 Å². The lowest BCUT2D eigenvalue weighted by molar-refractivity contribution is -0.389. The monoisotopic (exact) mass is 270 g/mol. The van der Waals surface area contributed by atoms with E-state index in [1.54, 1.807) is 25.5 Å². The quantitative estimate of drug-likeness (QED) is 0.593. The molecule has 1 N–H and O–H groups in total. The van der Waals surface area contributed by atoms with E-state index in [0.29, 0.717) is 12.4 Å². The van der Waals surface area contributed by atoms with Crippen LogP contribution in [0.4, 0.5) is 5.82 Å². The fourth-order valence-corrected chi connectivity index (χ4v) is 1.57. The second-order valence-electron chi connectivity index (χ2n) is 4.38. The van der Waals surface area contributed by atoms with Crippen molar-refractivity contribution in [3.05, 3.63) is 22.1 Å². The van der Waals surface area contributed by atoms with Crippen LogP contribution < -0.4 is 0 Å². The van der Waals surface area contributed by atoms with Crippen molar-refractivity contribution in [3.8, 4) is 0 Å². The summed E-state index contributed by atoms with van der Waals surface area (Å²) in [6.45, 7) is 3.62. The maximum atomic E-state index is 11.8. The van der Waals surface area contributed by atoms with Crippen molar-refractivity contribution in [2.75, 3.05) is 13.7 Å². The van der Waals surface area contributed by atoms with Crippen molar-refractivity contribution in [3.63, 3.8) is 0 Å². The van der Waals surface area contributed by atoms with Gasteiger partial charge in [-0.1, -0.05) is 0 Å². The smallest absolute Gasteiger partial charge is 0.381 e. The molecule has 1 heterocycles. The highest BCUT2D eigenvalue weighted by molar-refractivity contribution is 5.76. The number of imidazole rings is 1. The number of carbonyl (C=O) groups excluding carboxylic acids is 1. The first kappa shape index (κ1) is 15.1. The highest BCUT2D eigenvalue weighted by Gasteiger charge is 2.18. The number of amides is 1. The number of aliphatic hydroxyl groups excluding tert-OH is 1. The molecule has 0 aliphatic heterocycles. The molecule has 8 heteroatoms. The predicted octanol–water partition coefficient (Wildman–Crippen LogP) is 0.329. The van der Waals surface area contributed by atoms with E-state index in [1.807, 2.05) is 0 Å². The van der Waals surface area contributed by atoms with Crippen LogP contribution in [0.3, 0.4) is 0 Å². The molecule has 1 aromatic heterocycles. The van der Waals surface area contributed by atoms with E-state index in [0.717, 1.165) is 0 Å². The van der Waals surface area contributed by atoms with Gasteiger partial charge < -0.3 is 24.7 Å². The van der Waals surface area contributed by atoms with E-state index in [2.05, 4.69) is 4.98 Å². The summed E-state index contributed by atoms with van der Waals surface area (Å²) in [6, 6.07) is -0.245. The SMILES string of the molecule is Cc1nc([N+](=O)[O-])cn1CCC(=O)N(C)C(C)CO. The Labute approximate surface area is 110 Å². The molecule has 0 bridgehead atoms. The van der Waals surface area contributed by atoms with E-state index in [1.165, 1.54) is 11.1 Å². The first-order valence-corrected chi connectivity index (χ1v) is 5.91. The molecule has 19 heavy (non-hydrogen) atoms. The fourth-order valence-electron chi connectivity index (χ4n) is 1.57. The van der Waals surface area contributed by atoms with Gasteiger partial charge in [-0.25, -0.2) is 0 Å². The second kappa shape index (κ2) is 6.28. The Balaban J connectivity index is 2.62. The fraction of sp³-hybridized carbons (Fsp3) is 0.636. The molecule has 0 aliphatic carbocycles. The maximum absolute atomic E-state index is 11.8. The second-order valence-corrected chi connectivity index (χ2v) is 4.38. The zero-order chi connectivity index (χ0) is 14.6. The third kappa shape index (κ3) is 3.75. The molecule has 1 amide bonds. The molecule has 0 fully saturated rings. The van der Waals surface area contributed by atoms with Crippen LogP contribution in [0.25, 0.3) is 0 Å². The van der Waals surface area contributed by atoms with Crippen LogP contribution in [-0.2, 0) is 11.3 Å². The Bertz CT molecular complexity index is 471. The zero-order valence-electron chi connectivity index (χ0n) is 11.2. The van der Waals surface area contributed by atoms with Gasteiger partial charge in [-0.05, 0) is 16.8 Å². The molecule has 0 radical (unpaired) electrons. The van der Waals surface area contributed by atoms with Crippen LogP contribution in [0, 0.1) is 17.0 Å². The summed E-state index contributed by atoms with van der Waals surface area (Å²) in [6.07, 6.45) is 1.52. The number of hydrogen-bond acceptors (Lipinski definition) is 5. The first-order chi connectivity index (χ1) is 8.86. The number of aryl methyl sites for hydroxylation is 2. The van der Waals surface area contributed by atoms with E-state index >= 15 is 0 Å². The Kier molecular flexibility index (Phi) is 4.99.